The summed E-state index contributed by atoms with van der Waals surface area (Å²) in [6, 6.07) is 17.2. The molecule has 0 aliphatic heterocycles. The number of nitrogens with zero attached hydrogens (tertiary/aromatic N) is 3. The SMILES string of the molecule is C(#Cc1cc(C#Cc2ccncc2)cc(C#Cc2ccncc2)c1)c1ccncc1. The van der Waals surface area contributed by atoms with Gasteiger partial charge in [-0.2, -0.15) is 0 Å². The summed E-state index contributed by atoms with van der Waals surface area (Å²) < 4.78 is 0. The number of benzene rings is 1. The van der Waals surface area contributed by atoms with Crippen LogP contribution in [0.15, 0.2) is 91.8 Å². The second-order valence-corrected chi connectivity index (χ2v) is 6.26. The van der Waals surface area contributed by atoms with Gasteiger partial charge >= 0.3 is 0 Å². The summed E-state index contributed by atoms with van der Waals surface area (Å²) in [6.07, 6.45) is 10.4. The normalized spacial score (nSPS) is 9.20. The van der Waals surface area contributed by atoms with Gasteiger partial charge in [-0.1, -0.05) is 35.5 Å². The highest BCUT2D eigenvalue weighted by Gasteiger charge is 1.97. The van der Waals surface area contributed by atoms with E-state index in [0.717, 1.165) is 33.4 Å². The maximum atomic E-state index is 4.02. The molecule has 0 atom stereocenters. The van der Waals surface area contributed by atoms with Crippen molar-refractivity contribution in [3.63, 3.8) is 0 Å². The van der Waals surface area contributed by atoms with Gasteiger partial charge in [-0.25, -0.2) is 0 Å². The van der Waals surface area contributed by atoms with E-state index in [-0.39, 0.29) is 0 Å². The molecule has 138 valence electrons. The summed E-state index contributed by atoms with van der Waals surface area (Å²) in [7, 11) is 0. The lowest BCUT2D eigenvalue weighted by Crippen LogP contribution is -1.86. The Morgan fingerprint density at radius 1 is 0.333 bits per heavy atom. The number of rotatable bonds is 0. The molecule has 3 heterocycles. The van der Waals surface area contributed by atoms with Crippen molar-refractivity contribution in [2.45, 2.75) is 0 Å². The van der Waals surface area contributed by atoms with E-state index in [1.807, 2.05) is 54.6 Å². The molecule has 3 nitrogen and oxygen atoms in total. The summed E-state index contributed by atoms with van der Waals surface area (Å²) in [6.45, 7) is 0. The lowest BCUT2D eigenvalue weighted by molar-refractivity contribution is 1.32. The minimum Gasteiger partial charge on any atom is -0.265 e. The second kappa shape index (κ2) is 9.52. The van der Waals surface area contributed by atoms with Gasteiger partial charge in [-0.3, -0.25) is 15.0 Å². The lowest BCUT2D eigenvalue weighted by Gasteiger charge is -1.98. The highest BCUT2D eigenvalue weighted by Crippen LogP contribution is 2.10. The van der Waals surface area contributed by atoms with Gasteiger partial charge in [0, 0.05) is 70.6 Å². The fourth-order valence-corrected chi connectivity index (χ4v) is 2.58. The molecule has 0 saturated carbocycles. The molecule has 3 heteroatoms. The molecule has 4 rings (SSSR count). The average Bonchev–Trinajstić information content (AvgIpc) is 2.82. The molecule has 0 fully saturated rings. The van der Waals surface area contributed by atoms with E-state index in [1.165, 1.54) is 0 Å². The Kier molecular flexibility index (Phi) is 5.93. The van der Waals surface area contributed by atoms with Gasteiger partial charge in [0.15, 0.2) is 0 Å². The van der Waals surface area contributed by atoms with Gasteiger partial charge in [0.2, 0.25) is 0 Å². The van der Waals surface area contributed by atoms with Crippen LogP contribution in [-0.4, -0.2) is 15.0 Å². The fraction of sp³-hybridized carbons (Fsp3) is 0. The molecule has 1 aromatic carbocycles. The minimum atomic E-state index is 0.854. The first-order chi connectivity index (χ1) is 14.8. The lowest BCUT2D eigenvalue weighted by atomic mass is 10.0. The van der Waals surface area contributed by atoms with Crippen molar-refractivity contribution in [3.8, 4) is 35.5 Å². The van der Waals surface area contributed by atoms with Gasteiger partial charge in [0.1, 0.15) is 0 Å². The molecule has 0 amide bonds. The Morgan fingerprint density at radius 2 is 0.567 bits per heavy atom. The third-order valence-electron chi connectivity index (χ3n) is 4.03. The van der Waals surface area contributed by atoms with E-state index >= 15 is 0 Å². The van der Waals surface area contributed by atoms with Gasteiger partial charge < -0.3 is 0 Å². The predicted molar refractivity (Wildman–Crippen MR) is 117 cm³/mol. The zero-order chi connectivity index (χ0) is 20.4. The van der Waals surface area contributed by atoms with Crippen LogP contribution < -0.4 is 0 Å². The van der Waals surface area contributed by atoms with Crippen LogP contribution in [0.4, 0.5) is 0 Å². The Bertz CT molecular complexity index is 1140. The van der Waals surface area contributed by atoms with E-state index in [4.69, 9.17) is 0 Å². The maximum Gasteiger partial charge on any atom is 0.0280 e. The van der Waals surface area contributed by atoms with Crippen molar-refractivity contribution in [2.75, 3.05) is 0 Å². The van der Waals surface area contributed by atoms with Crippen molar-refractivity contribution >= 4 is 0 Å². The fourth-order valence-electron chi connectivity index (χ4n) is 2.58. The van der Waals surface area contributed by atoms with Crippen LogP contribution in [-0.2, 0) is 0 Å². The van der Waals surface area contributed by atoms with Crippen LogP contribution in [0.3, 0.4) is 0 Å². The summed E-state index contributed by atoms with van der Waals surface area (Å²) in [5, 5.41) is 0. The van der Waals surface area contributed by atoms with Crippen molar-refractivity contribution in [2.24, 2.45) is 0 Å². The zero-order valence-electron chi connectivity index (χ0n) is 16.0. The van der Waals surface area contributed by atoms with E-state index in [1.54, 1.807) is 37.2 Å². The molecule has 0 saturated heterocycles. The van der Waals surface area contributed by atoms with E-state index < -0.39 is 0 Å². The first-order valence-electron chi connectivity index (χ1n) is 9.26. The van der Waals surface area contributed by atoms with Gasteiger partial charge in [0.25, 0.3) is 0 Å². The summed E-state index contributed by atoms with van der Waals surface area (Å²) in [4.78, 5) is 12.1. The molecular weight excluding hydrogens is 366 g/mol. The van der Waals surface area contributed by atoms with Crippen LogP contribution in [0, 0.1) is 35.5 Å². The Morgan fingerprint density at radius 3 is 0.833 bits per heavy atom. The predicted octanol–water partition coefficient (Wildman–Crippen LogP) is 4.07. The van der Waals surface area contributed by atoms with Gasteiger partial charge in [-0.15, -0.1) is 0 Å². The van der Waals surface area contributed by atoms with E-state index in [0.29, 0.717) is 0 Å². The standard InChI is InChI=1S/C27H15N3/c1(22-7-13-28-14-8-22)4-25-19-26(5-2-23-9-15-29-16-10-23)21-27(20-25)6-3-24-11-17-30-18-12-24/h7-21H. The molecule has 0 unspecified atom stereocenters. The minimum absolute atomic E-state index is 0.854. The van der Waals surface area contributed by atoms with E-state index in [9.17, 15) is 0 Å². The van der Waals surface area contributed by atoms with Crippen molar-refractivity contribution in [3.05, 3.63) is 125 Å². The quantitative estimate of drug-likeness (QED) is 0.431. The number of pyridine rings is 3. The Balaban J connectivity index is 1.71. The van der Waals surface area contributed by atoms with Crippen LogP contribution in [0.1, 0.15) is 33.4 Å². The summed E-state index contributed by atoms with van der Waals surface area (Å²) in [5.74, 6) is 19.1. The maximum absolute atomic E-state index is 4.02. The molecule has 0 spiro atoms. The molecule has 3 aromatic heterocycles. The first-order valence-corrected chi connectivity index (χ1v) is 9.26. The van der Waals surface area contributed by atoms with Gasteiger partial charge in [-0.05, 0) is 54.6 Å². The highest BCUT2D eigenvalue weighted by atomic mass is 14.6. The smallest absolute Gasteiger partial charge is 0.0280 e. The number of aromatic nitrogens is 3. The monoisotopic (exact) mass is 381 g/mol. The molecule has 4 aromatic rings. The largest absolute Gasteiger partial charge is 0.265 e. The molecule has 30 heavy (non-hydrogen) atoms. The topological polar surface area (TPSA) is 38.7 Å². The molecule has 0 radical (unpaired) electrons. The average molecular weight is 381 g/mol. The first kappa shape index (κ1) is 18.7. The Hall–Kier alpha value is -4.65. The van der Waals surface area contributed by atoms with Crippen LogP contribution in [0.25, 0.3) is 0 Å². The molecule has 0 N–H and O–H groups in total. The number of hydrogen-bond acceptors (Lipinski definition) is 3. The molecular formula is C27H15N3. The van der Waals surface area contributed by atoms with Gasteiger partial charge in [0.05, 0.1) is 0 Å². The highest BCUT2D eigenvalue weighted by molar-refractivity contribution is 5.54. The van der Waals surface area contributed by atoms with Crippen LogP contribution in [0.2, 0.25) is 0 Å². The second-order valence-electron chi connectivity index (χ2n) is 6.26. The molecule has 0 aliphatic carbocycles. The molecule has 0 bridgehead atoms. The summed E-state index contributed by atoms with van der Waals surface area (Å²) >= 11 is 0. The zero-order valence-corrected chi connectivity index (χ0v) is 16.0. The van der Waals surface area contributed by atoms with Crippen molar-refractivity contribution < 1.29 is 0 Å². The summed E-state index contributed by atoms with van der Waals surface area (Å²) in [5.41, 5.74) is 5.28. The van der Waals surface area contributed by atoms with Crippen LogP contribution in [0.5, 0.6) is 0 Å². The third kappa shape index (κ3) is 5.43. The number of hydrogen-bond donors (Lipinski definition) is 0. The Labute approximate surface area is 175 Å². The van der Waals surface area contributed by atoms with Crippen molar-refractivity contribution in [1.29, 1.82) is 0 Å². The third-order valence-corrected chi connectivity index (χ3v) is 4.03. The van der Waals surface area contributed by atoms with E-state index in [2.05, 4.69) is 50.5 Å². The van der Waals surface area contributed by atoms with Crippen molar-refractivity contribution in [1.82, 2.24) is 15.0 Å². The van der Waals surface area contributed by atoms with Crippen LogP contribution >= 0.6 is 0 Å². The molecule has 0 aliphatic rings.